The molecule has 70 valence electrons. The Morgan fingerprint density at radius 1 is 1.17 bits per heavy atom. The van der Waals surface area contributed by atoms with Gasteiger partial charge in [0, 0.05) is 0 Å². The Kier molecular flexibility index (Phi) is 13.5. The Morgan fingerprint density at radius 2 is 1.58 bits per heavy atom. The molecule has 0 aliphatic carbocycles. The number of benzene rings is 1. The lowest BCUT2D eigenvalue weighted by Crippen LogP contribution is -1.77. The summed E-state index contributed by atoms with van der Waals surface area (Å²) in [4.78, 5) is 0. The molecule has 0 aromatic heterocycles. The molecule has 0 saturated heterocycles. The first-order chi connectivity index (χ1) is 5.35. The Hall–Kier alpha value is 0.0700. The number of aliphatic hydroxyl groups excluding tert-OH is 1. The third-order valence-electron chi connectivity index (χ3n) is 1.03. The largest absolute Gasteiger partial charge is 0.392 e. The maximum atomic E-state index is 8.54. The van der Waals surface area contributed by atoms with Crippen LogP contribution in [0.4, 0.5) is 0 Å². The molecule has 0 bridgehead atoms. The smallest absolute Gasteiger partial charge is 0.0832 e. The number of rotatable bonds is 1. The van der Waals surface area contributed by atoms with E-state index in [1.54, 1.807) is 0 Å². The first-order valence-electron chi connectivity index (χ1n) is 2.89. The minimum absolute atomic E-state index is 0. The lowest BCUT2D eigenvalue weighted by atomic mass is 10.2. The van der Waals surface area contributed by atoms with E-state index in [-0.39, 0.29) is 20.1 Å². The van der Waals surface area contributed by atoms with Crippen LogP contribution in [0.15, 0.2) is 30.3 Å². The maximum Gasteiger partial charge on any atom is 0.0832 e. The fourth-order valence-electron chi connectivity index (χ4n) is 0.583. The van der Waals surface area contributed by atoms with E-state index >= 15 is 0 Å². The molecule has 0 amide bonds. The van der Waals surface area contributed by atoms with Crippen molar-refractivity contribution in [2.75, 3.05) is 0 Å². The quantitative estimate of drug-likeness (QED) is 0.801. The molecule has 12 heavy (non-hydrogen) atoms. The molecule has 5 heteroatoms. The molecule has 1 rings (SSSR count). The molecule has 0 heterocycles. The molecule has 1 N–H and O–H groups in total. The van der Waals surface area contributed by atoms with Crippen molar-refractivity contribution < 1.29 is 8.95 Å². The molecule has 0 saturated carbocycles. The first kappa shape index (κ1) is 14.6. The Labute approximate surface area is 88.9 Å². The highest BCUT2D eigenvalue weighted by molar-refractivity contribution is 7.59. The second-order valence-electron chi connectivity index (χ2n) is 1.70. The molecule has 0 aliphatic heterocycles. The van der Waals surface area contributed by atoms with E-state index < -0.39 is 0 Å². The monoisotopic (exact) mass is 228 g/mol. The lowest BCUT2D eigenvalue weighted by molar-refractivity contribution is 0.282. The Balaban J connectivity index is 0. The van der Waals surface area contributed by atoms with Crippen molar-refractivity contribution in [1.29, 1.82) is 0 Å². The summed E-state index contributed by atoms with van der Waals surface area (Å²) in [7, 11) is 0. The molecule has 1 aromatic rings. The van der Waals surface area contributed by atoms with E-state index in [0.717, 1.165) is 5.56 Å². The van der Waals surface area contributed by atoms with Crippen LogP contribution < -0.4 is 0 Å². The standard InChI is InChI=1S/C7H8O.Cl2O.H2S/c8-6-7-4-2-1-3-5-7;1-3-2;/h1-5,8H,6H2;;1H2. The Morgan fingerprint density at radius 3 is 1.83 bits per heavy atom. The third-order valence-corrected chi connectivity index (χ3v) is 1.03. The van der Waals surface area contributed by atoms with Crippen molar-refractivity contribution in [3.8, 4) is 0 Å². The molecule has 1 aromatic carbocycles. The number of halogens is 2. The van der Waals surface area contributed by atoms with Crippen LogP contribution in [0.3, 0.4) is 0 Å². The summed E-state index contributed by atoms with van der Waals surface area (Å²) >= 11 is 8.53. The second kappa shape index (κ2) is 11.1. The van der Waals surface area contributed by atoms with Crippen molar-refractivity contribution in [3.05, 3.63) is 35.9 Å². The number of hydrogen-bond donors (Lipinski definition) is 1. The average molecular weight is 229 g/mol. The van der Waals surface area contributed by atoms with Gasteiger partial charge in [0.25, 0.3) is 0 Å². The molecule has 0 unspecified atom stereocenters. The fourth-order valence-corrected chi connectivity index (χ4v) is 0.583. The van der Waals surface area contributed by atoms with Gasteiger partial charge in [0.15, 0.2) is 0 Å². The topological polar surface area (TPSA) is 29.5 Å². The molecular weight excluding hydrogens is 219 g/mol. The summed E-state index contributed by atoms with van der Waals surface area (Å²) in [6.07, 6.45) is 0. The fraction of sp³-hybridized carbons (Fsp3) is 0.143. The van der Waals surface area contributed by atoms with Gasteiger partial charge < -0.3 is 5.11 Å². The van der Waals surface area contributed by atoms with Gasteiger partial charge in [0.05, 0.1) is 30.3 Å². The third kappa shape index (κ3) is 8.17. The minimum atomic E-state index is 0. The van der Waals surface area contributed by atoms with Gasteiger partial charge in [-0.15, -0.1) is 0 Å². The van der Waals surface area contributed by atoms with Gasteiger partial charge in [-0.1, -0.05) is 30.3 Å². The molecule has 0 fully saturated rings. The maximum absolute atomic E-state index is 8.54. The molecule has 0 spiro atoms. The molecule has 0 aliphatic rings. The highest BCUT2D eigenvalue weighted by Crippen LogP contribution is 1.95. The summed E-state index contributed by atoms with van der Waals surface area (Å²) in [5, 5.41) is 8.54. The van der Waals surface area contributed by atoms with Gasteiger partial charge in [-0.05, 0) is 5.56 Å². The molecule has 0 atom stereocenters. The summed E-state index contributed by atoms with van der Waals surface area (Å²) in [5.74, 6) is 0. The average Bonchev–Trinajstić information content (AvgIpc) is 2.08. The van der Waals surface area contributed by atoms with Crippen LogP contribution in [0.5, 0.6) is 0 Å². The zero-order chi connectivity index (χ0) is 8.53. The van der Waals surface area contributed by atoms with Crippen LogP contribution >= 0.6 is 37.2 Å². The Bertz CT molecular complexity index is 172. The van der Waals surface area contributed by atoms with Crippen LogP contribution in [0.2, 0.25) is 0 Å². The van der Waals surface area contributed by atoms with Gasteiger partial charge >= 0.3 is 0 Å². The van der Waals surface area contributed by atoms with Gasteiger partial charge in [-0.25, -0.2) is 0 Å². The van der Waals surface area contributed by atoms with Crippen molar-refractivity contribution in [1.82, 2.24) is 0 Å². The molecule has 2 nitrogen and oxygen atoms in total. The van der Waals surface area contributed by atoms with Gasteiger partial charge in [-0.3, -0.25) is 0 Å². The zero-order valence-electron chi connectivity index (χ0n) is 6.21. The highest BCUT2D eigenvalue weighted by Gasteiger charge is 1.81. The molecule has 0 radical (unpaired) electrons. The van der Waals surface area contributed by atoms with Crippen LogP contribution in [0.25, 0.3) is 0 Å². The van der Waals surface area contributed by atoms with Crippen molar-refractivity contribution in [2.24, 2.45) is 0 Å². The predicted octanol–water partition coefficient (Wildman–Crippen LogP) is 2.60. The van der Waals surface area contributed by atoms with E-state index in [2.05, 4.69) is 27.6 Å². The summed E-state index contributed by atoms with van der Waals surface area (Å²) in [6, 6.07) is 9.52. The molecular formula is C7H10Cl2O2S. The lowest BCUT2D eigenvalue weighted by Gasteiger charge is -1.89. The van der Waals surface area contributed by atoms with Crippen molar-refractivity contribution >= 4 is 37.2 Å². The van der Waals surface area contributed by atoms with E-state index in [9.17, 15) is 0 Å². The van der Waals surface area contributed by atoms with Crippen LogP contribution in [0, 0.1) is 0 Å². The highest BCUT2D eigenvalue weighted by atomic mass is 35.6. The van der Waals surface area contributed by atoms with E-state index in [1.165, 1.54) is 0 Å². The van der Waals surface area contributed by atoms with Gasteiger partial charge in [-0.2, -0.15) is 17.3 Å². The van der Waals surface area contributed by atoms with E-state index in [0.29, 0.717) is 0 Å². The van der Waals surface area contributed by atoms with Gasteiger partial charge in [0.2, 0.25) is 0 Å². The first-order valence-corrected chi connectivity index (χ1v) is 3.51. The summed E-state index contributed by atoms with van der Waals surface area (Å²) < 4.78 is 3.19. The summed E-state index contributed by atoms with van der Waals surface area (Å²) in [5.41, 5.74) is 0.965. The minimum Gasteiger partial charge on any atom is -0.392 e. The van der Waals surface area contributed by atoms with Crippen LogP contribution in [-0.4, -0.2) is 5.11 Å². The van der Waals surface area contributed by atoms with Gasteiger partial charge in [0.1, 0.15) is 0 Å². The van der Waals surface area contributed by atoms with E-state index in [4.69, 9.17) is 5.11 Å². The SMILES string of the molecule is ClOCl.OCc1ccccc1.S. The van der Waals surface area contributed by atoms with Crippen LogP contribution in [0.1, 0.15) is 5.56 Å². The number of aliphatic hydroxyl groups is 1. The zero-order valence-corrected chi connectivity index (χ0v) is 8.72. The normalized spacial score (nSPS) is 7.58. The second-order valence-corrected chi connectivity index (χ2v) is 2.17. The van der Waals surface area contributed by atoms with E-state index in [1.807, 2.05) is 30.3 Å². The predicted molar refractivity (Wildman–Crippen MR) is 55.5 cm³/mol. The number of hydrogen-bond acceptors (Lipinski definition) is 2. The summed E-state index contributed by atoms with van der Waals surface area (Å²) in [6.45, 7) is 0.140. The van der Waals surface area contributed by atoms with Crippen molar-refractivity contribution in [2.45, 2.75) is 6.61 Å². The van der Waals surface area contributed by atoms with Crippen LogP contribution in [-0.2, 0) is 10.4 Å². The van der Waals surface area contributed by atoms with Crippen molar-refractivity contribution in [3.63, 3.8) is 0 Å².